The standard InChI is InChI=1S/C42H33BN2/c1-41(2)30-19-13-20-31-37(30)43-38-32(41)23-22-29-28-18-11-12-21-33(28)45(40(29)38)35-25-24-34(36(39(35)43)42(31,3)4)44(26-14-7-5-8-15-26)27-16-9-6-10-17-27/h5-25H,1-4H3. The van der Waals surface area contributed by atoms with Crippen LogP contribution in [0.25, 0.3) is 27.5 Å². The molecule has 4 heterocycles. The summed E-state index contributed by atoms with van der Waals surface area (Å²) in [6.07, 6.45) is 0. The molecule has 214 valence electrons. The first kappa shape index (κ1) is 25.3. The van der Waals surface area contributed by atoms with E-state index in [9.17, 15) is 0 Å². The Bertz CT molecular complexity index is 2340. The van der Waals surface area contributed by atoms with Gasteiger partial charge in [0, 0.05) is 49.9 Å². The molecular formula is C42H33BN2. The summed E-state index contributed by atoms with van der Waals surface area (Å²) in [5.74, 6) is 0. The molecule has 2 nitrogen and oxygen atoms in total. The molecule has 3 aliphatic rings. The Labute approximate surface area is 264 Å². The number of hydrogen-bond donors (Lipinski definition) is 0. The Balaban J connectivity index is 1.42. The highest BCUT2D eigenvalue weighted by Crippen LogP contribution is 2.49. The predicted octanol–water partition coefficient (Wildman–Crippen LogP) is 8.36. The number of benzene rings is 6. The summed E-state index contributed by atoms with van der Waals surface area (Å²) in [6.45, 7) is 9.97. The van der Waals surface area contributed by atoms with Crippen molar-refractivity contribution >= 4 is 62.0 Å². The normalized spacial score (nSPS) is 15.9. The molecule has 6 aromatic carbocycles. The zero-order chi connectivity index (χ0) is 30.2. The van der Waals surface area contributed by atoms with Crippen LogP contribution in [0.1, 0.15) is 49.9 Å². The molecule has 0 fully saturated rings. The predicted molar refractivity (Wildman–Crippen MR) is 191 cm³/mol. The van der Waals surface area contributed by atoms with Gasteiger partial charge in [-0.05, 0) is 75.6 Å². The zero-order valence-electron chi connectivity index (χ0n) is 26.1. The van der Waals surface area contributed by atoms with Gasteiger partial charge in [-0.1, -0.05) is 118 Å². The van der Waals surface area contributed by atoms with Crippen molar-refractivity contribution in [3.63, 3.8) is 0 Å². The van der Waals surface area contributed by atoms with Gasteiger partial charge in [0.2, 0.25) is 6.71 Å². The van der Waals surface area contributed by atoms with Gasteiger partial charge in [-0.2, -0.15) is 0 Å². The number of fused-ring (bicyclic) bond motifs is 4. The molecule has 0 amide bonds. The van der Waals surface area contributed by atoms with Crippen molar-refractivity contribution in [2.75, 3.05) is 4.90 Å². The van der Waals surface area contributed by atoms with Gasteiger partial charge in [0.1, 0.15) is 0 Å². The van der Waals surface area contributed by atoms with E-state index in [0.29, 0.717) is 0 Å². The number of anilines is 3. The first-order valence-corrected chi connectivity index (χ1v) is 16.2. The third-order valence-corrected chi connectivity index (χ3v) is 11.2. The van der Waals surface area contributed by atoms with Crippen molar-refractivity contribution in [2.24, 2.45) is 0 Å². The van der Waals surface area contributed by atoms with Gasteiger partial charge in [0.25, 0.3) is 0 Å². The summed E-state index contributed by atoms with van der Waals surface area (Å²) in [5, 5.41) is 2.69. The van der Waals surface area contributed by atoms with E-state index in [-0.39, 0.29) is 17.5 Å². The molecule has 0 saturated heterocycles. The topological polar surface area (TPSA) is 8.17 Å². The third kappa shape index (κ3) is 2.97. The van der Waals surface area contributed by atoms with Crippen LogP contribution in [0.2, 0.25) is 0 Å². The van der Waals surface area contributed by atoms with Crippen LogP contribution in [-0.2, 0) is 10.8 Å². The lowest BCUT2D eigenvalue weighted by Gasteiger charge is -2.50. The van der Waals surface area contributed by atoms with E-state index >= 15 is 0 Å². The van der Waals surface area contributed by atoms with Crippen LogP contribution in [0.15, 0.2) is 127 Å². The summed E-state index contributed by atoms with van der Waals surface area (Å²) in [4.78, 5) is 2.48. The van der Waals surface area contributed by atoms with Gasteiger partial charge in [0.05, 0.1) is 5.52 Å². The summed E-state index contributed by atoms with van der Waals surface area (Å²) in [7, 11) is 0. The quantitative estimate of drug-likeness (QED) is 0.192. The molecule has 3 aliphatic heterocycles. The zero-order valence-corrected chi connectivity index (χ0v) is 26.1. The van der Waals surface area contributed by atoms with E-state index in [1.807, 2.05) is 0 Å². The fraction of sp³-hybridized carbons (Fsp3) is 0.143. The molecule has 1 aromatic heterocycles. The van der Waals surface area contributed by atoms with Crippen LogP contribution in [0.4, 0.5) is 17.1 Å². The minimum atomic E-state index is -0.230. The molecule has 0 aliphatic carbocycles. The lowest BCUT2D eigenvalue weighted by atomic mass is 9.26. The van der Waals surface area contributed by atoms with E-state index in [0.717, 1.165) is 0 Å². The van der Waals surface area contributed by atoms with E-state index < -0.39 is 0 Å². The van der Waals surface area contributed by atoms with Gasteiger partial charge < -0.3 is 9.47 Å². The minimum absolute atomic E-state index is 0.102. The number of nitrogens with zero attached hydrogens (tertiary/aromatic N) is 2. The lowest BCUT2D eigenvalue weighted by Crippen LogP contribution is -2.68. The Hall–Kier alpha value is -5.02. The minimum Gasteiger partial charge on any atom is -0.310 e. The van der Waals surface area contributed by atoms with Crippen LogP contribution in [0, 0.1) is 0 Å². The number of para-hydroxylation sites is 3. The molecule has 0 radical (unpaired) electrons. The molecule has 3 heteroatoms. The molecule has 0 N–H and O–H groups in total. The van der Waals surface area contributed by atoms with Gasteiger partial charge >= 0.3 is 0 Å². The van der Waals surface area contributed by atoms with Crippen molar-refractivity contribution in [2.45, 2.75) is 38.5 Å². The first-order chi connectivity index (χ1) is 21.9. The van der Waals surface area contributed by atoms with Crippen molar-refractivity contribution in [3.05, 3.63) is 150 Å². The average molecular weight is 577 g/mol. The maximum Gasteiger partial charge on any atom is 0.248 e. The van der Waals surface area contributed by atoms with E-state index in [4.69, 9.17) is 0 Å². The number of rotatable bonds is 3. The summed E-state index contributed by atoms with van der Waals surface area (Å²) < 4.78 is 2.60. The Morgan fingerprint density at radius 3 is 1.84 bits per heavy atom. The van der Waals surface area contributed by atoms with Gasteiger partial charge in [-0.3, -0.25) is 0 Å². The molecule has 0 spiro atoms. The molecule has 10 rings (SSSR count). The summed E-state index contributed by atoms with van der Waals surface area (Å²) in [5.41, 5.74) is 17.6. The van der Waals surface area contributed by atoms with Crippen molar-refractivity contribution in [1.82, 2.24) is 4.57 Å². The van der Waals surface area contributed by atoms with E-state index in [2.05, 4.69) is 165 Å². The first-order valence-electron chi connectivity index (χ1n) is 16.2. The maximum absolute atomic E-state index is 2.60. The largest absolute Gasteiger partial charge is 0.310 e. The Morgan fingerprint density at radius 1 is 0.511 bits per heavy atom. The summed E-state index contributed by atoms with van der Waals surface area (Å²) >= 11 is 0. The second-order valence-electron chi connectivity index (χ2n) is 14.1. The van der Waals surface area contributed by atoms with Gasteiger partial charge in [-0.15, -0.1) is 0 Å². The highest BCUT2D eigenvalue weighted by molar-refractivity contribution is 7.00. The average Bonchev–Trinajstić information content (AvgIpc) is 3.40. The van der Waals surface area contributed by atoms with Crippen LogP contribution < -0.4 is 21.3 Å². The number of aromatic nitrogens is 1. The molecular weight excluding hydrogens is 543 g/mol. The summed E-state index contributed by atoms with van der Waals surface area (Å²) in [6, 6.07) is 47.5. The smallest absolute Gasteiger partial charge is 0.248 e. The molecule has 0 bridgehead atoms. The molecule has 45 heavy (non-hydrogen) atoms. The van der Waals surface area contributed by atoms with E-state index in [1.165, 1.54) is 83.2 Å². The Morgan fingerprint density at radius 2 is 1.13 bits per heavy atom. The van der Waals surface area contributed by atoms with Crippen LogP contribution in [-0.4, -0.2) is 11.3 Å². The monoisotopic (exact) mass is 576 g/mol. The molecule has 0 unspecified atom stereocenters. The highest BCUT2D eigenvalue weighted by Gasteiger charge is 2.52. The second-order valence-corrected chi connectivity index (χ2v) is 14.1. The molecule has 0 saturated carbocycles. The van der Waals surface area contributed by atoms with Crippen LogP contribution in [0.3, 0.4) is 0 Å². The van der Waals surface area contributed by atoms with Crippen molar-refractivity contribution < 1.29 is 0 Å². The SMILES string of the molecule is CC1(C)c2cccc3c2B2c4c(ccc(N(c5ccccc5)c5ccccc5)c4C3(C)C)-n3c4ccccc4c4ccc1c2c43. The number of hydrogen-bond acceptors (Lipinski definition) is 1. The van der Waals surface area contributed by atoms with E-state index in [1.54, 1.807) is 0 Å². The van der Waals surface area contributed by atoms with Crippen LogP contribution in [0.5, 0.6) is 0 Å². The maximum atomic E-state index is 2.60. The fourth-order valence-electron chi connectivity index (χ4n) is 9.36. The lowest BCUT2D eigenvalue weighted by molar-refractivity contribution is 0.621. The highest BCUT2D eigenvalue weighted by atomic mass is 15.1. The Kier molecular flexibility index (Phi) is 4.71. The fourth-order valence-corrected chi connectivity index (χ4v) is 9.36. The third-order valence-electron chi connectivity index (χ3n) is 11.2. The van der Waals surface area contributed by atoms with Gasteiger partial charge in [0.15, 0.2) is 0 Å². The van der Waals surface area contributed by atoms with Gasteiger partial charge in [-0.25, -0.2) is 0 Å². The van der Waals surface area contributed by atoms with Crippen molar-refractivity contribution in [3.8, 4) is 5.69 Å². The molecule has 0 atom stereocenters. The van der Waals surface area contributed by atoms with Crippen molar-refractivity contribution in [1.29, 1.82) is 0 Å². The van der Waals surface area contributed by atoms with Crippen LogP contribution >= 0.6 is 0 Å². The molecule has 7 aromatic rings. The second kappa shape index (κ2) is 8.37.